The fourth-order valence-electron chi connectivity index (χ4n) is 1.25. The topological polar surface area (TPSA) is 51.0 Å². The Kier molecular flexibility index (Phi) is 3.95. The average Bonchev–Trinajstić information content (AvgIpc) is 2.85. The molecule has 86 valence electrons. The van der Waals surface area contributed by atoms with Gasteiger partial charge in [0.05, 0.1) is 10.3 Å². The maximum atomic E-state index is 5.41. The third kappa shape index (κ3) is 3.05. The minimum absolute atomic E-state index is 0.493. The van der Waals surface area contributed by atoms with Crippen LogP contribution in [0.15, 0.2) is 20.3 Å². The van der Waals surface area contributed by atoms with E-state index < -0.39 is 0 Å². The SMILES string of the molecule is CCCc1nnc(NCc2ccc(Br)s2)o1. The van der Waals surface area contributed by atoms with Crippen LogP contribution in [0.4, 0.5) is 6.01 Å². The molecule has 0 spiro atoms. The molecular formula is C10H12BrN3OS. The number of thiophene rings is 1. The van der Waals surface area contributed by atoms with Gasteiger partial charge in [-0.2, -0.15) is 0 Å². The van der Waals surface area contributed by atoms with Crippen molar-refractivity contribution in [3.8, 4) is 0 Å². The highest BCUT2D eigenvalue weighted by atomic mass is 79.9. The van der Waals surface area contributed by atoms with E-state index in [2.05, 4.69) is 44.4 Å². The molecule has 0 amide bonds. The Balaban J connectivity index is 1.89. The normalized spacial score (nSPS) is 10.6. The quantitative estimate of drug-likeness (QED) is 0.919. The third-order valence-electron chi connectivity index (χ3n) is 1.97. The van der Waals surface area contributed by atoms with Crippen LogP contribution in [0.1, 0.15) is 24.1 Å². The lowest BCUT2D eigenvalue weighted by atomic mass is 10.3. The molecule has 6 heteroatoms. The summed E-state index contributed by atoms with van der Waals surface area (Å²) in [6.45, 7) is 2.80. The van der Waals surface area contributed by atoms with E-state index in [1.165, 1.54) is 4.88 Å². The Bertz CT molecular complexity index is 454. The van der Waals surface area contributed by atoms with Crippen LogP contribution in [-0.4, -0.2) is 10.2 Å². The molecule has 4 nitrogen and oxygen atoms in total. The van der Waals surface area contributed by atoms with Crippen molar-refractivity contribution >= 4 is 33.3 Å². The van der Waals surface area contributed by atoms with Crippen molar-refractivity contribution in [3.63, 3.8) is 0 Å². The van der Waals surface area contributed by atoms with Gasteiger partial charge in [0.2, 0.25) is 5.89 Å². The summed E-state index contributed by atoms with van der Waals surface area (Å²) in [6, 6.07) is 4.58. The Morgan fingerprint density at radius 3 is 3.00 bits per heavy atom. The first kappa shape index (κ1) is 11.6. The number of nitrogens with zero attached hydrogens (tertiary/aromatic N) is 2. The number of aromatic nitrogens is 2. The minimum Gasteiger partial charge on any atom is -0.408 e. The van der Waals surface area contributed by atoms with Gasteiger partial charge in [-0.15, -0.1) is 16.4 Å². The number of hydrogen-bond acceptors (Lipinski definition) is 5. The molecule has 0 aliphatic rings. The second-order valence-electron chi connectivity index (χ2n) is 3.31. The summed E-state index contributed by atoms with van der Waals surface area (Å²) >= 11 is 5.11. The molecule has 2 rings (SSSR count). The lowest BCUT2D eigenvalue weighted by Gasteiger charge is -1.96. The van der Waals surface area contributed by atoms with Crippen molar-refractivity contribution in [2.24, 2.45) is 0 Å². The maximum Gasteiger partial charge on any atom is 0.315 e. The summed E-state index contributed by atoms with van der Waals surface area (Å²) in [5, 5.41) is 11.0. The highest BCUT2D eigenvalue weighted by Crippen LogP contribution is 2.22. The zero-order valence-corrected chi connectivity index (χ0v) is 11.3. The predicted molar refractivity (Wildman–Crippen MR) is 67.6 cm³/mol. The van der Waals surface area contributed by atoms with Crippen LogP contribution in [0.25, 0.3) is 0 Å². The Labute approximate surface area is 106 Å². The average molecular weight is 302 g/mol. The summed E-state index contributed by atoms with van der Waals surface area (Å²) in [7, 11) is 0. The van der Waals surface area contributed by atoms with Gasteiger partial charge in [0.25, 0.3) is 0 Å². The number of rotatable bonds is 5. The monoisotopic (exact) mass is 301 g/mol. The highest BCUT2D eigenvalue weighted by molar-refractivity contribution is 9.11. The third-order valence-corrected chi connectivity index (χ3v) is 3.60. The molecule has 1 N–H and O–H groups in total. The summed E-state index contributed by atoms with van der Waals surface area (Å²) < 4.78 is 6.54. The van der Waals surface area contributed by atoms with E-state index in [4.69, 9.17) is 4.42 Å². The van der Waals surface area contributed by atoms with E-state index in [1.54, 1.807) is 11.3 Å². The highest BCUT2D eigenvalue weighted by Gasteiger charge is 2.05. The van der Waals surface area contributed by atoms with Gasteiger partial charge in [0, 0.05) is 11.3 Å². The minimum atomic E-state index is 0.493. The number of aryl methyl sites for hydroxylation is 1. The van der Waals surface area contributed by atoms with Crippen molar-refractivity contribution in [2.45, 2.75) is 26.3 Å². The molecular weight excluding hydrogens is 290 g/mol. The van der Waals surface area contributed by atoms with E-state index in [-0.39, 0.29) is 0 Å². The largest absolute Gasteiger partial charge is 0.408 e. The van der Waals surface area contributed by atoms with Crippen LogP contribution in [0, 0.1) is 0 Å². The van der Waals surface area contributed by atoms with E-state index in [9.17, 15) is 0 Å². The molecule has 0 unspecified atom stereocenters. The van der Waals surface area contributed by atoms with E-state index in [0.29, 0.717) is 18.5 Å². The second kappa shape index (κ2) is 5.45. The molecule has 2 heterocycles. The van der Waals surface area contributed by atoms with E-state index in [0.717, 1.165) is 16.6 Å². The molecule has 2 aromatic rings. The van der Waals surface area contributed by atoms with E-state index in [1.807, 2.05) is 6.07 Å². The van der Waals surface area contributed by atoms with E-state index >= 15 is 0 Å². The molecule has 0 fully saturated rings. The van der Waals surface area contributed by atoms with Crippen molar-refractivity contribution < 1.29 is 4.42 Å². The molecule has 0 aliphatic carbocycles. The Morgan fingerprint density at radius 1 is 1.44 bits per heavy atom. The summed E-state index contributed by atoms with van der Waals surface area (Å²) in [6.07, 6.45) is 1.85. The van der Waals surface area contributed by atoms with Crippen molar-refractivity contribution in [3.05, 3.63) is 26.7 Å². The molecule has 0 aromatic carbocycles. The smallest absolute Gasteiger partial charge is 0.315 e. The number of anilines is 1. The van der Waals surface area contributed by atoms with Crippen molar-refractivity contribution in [1.29, 1.82) is 0 Å². The van der Waals surface area contributed by atoms with Gasteiger partial charge in [-0.3, -0.25) is 0 Å². The fourth-order valence-corrected chi connectivity index (χ4v) is 2.67. The van der Waals surface area contributed by atoms with Gasteiger partial charge in [0.15, 0.2) is 0 Å². The van der Waals surface area contributed by atoms with Crippen LogP contribution in [0.2, 0.25) is 0 Å². The first-order valence-corrected chi connectivity index (χ1v) is 6.69. The van der Waals surface area contributed by atoms with Crippen LogP contribution in [0.5, 0.6) is 0 Å². The zero-order valence-electron chi connectivity index (χ0n) is 8.86. The molecule has 0 saturated heterocycles. The number of nitrogens with one attached hydrogen (secondary N) is 1. The molecule has 16 heavy (non-hydrogen) atoms. The van der Waals surface area contributed by atoms with Gasteiger partial charge in [-0.25, -0.2) is 0 Å². The summed E-state index contributed by atoms with van der Waals surface area (Å²) in [5.41, 5.74) is 0. The molecule has 2 aromatic heterocycles. The molecule has 0 bridgehead atoms. The summed E-state index contributed by atoms with van der Waals surface area (Å²) in [4.78, 5) is 1.22. The molecule has 0 saturated carbocycles. The van der Waals surface area contributed by atoms with Crippen molar-refractivity contribution in [1.82, 2.24) is 10.2 Å². The fraction of sp³-hybridized carbons (Fsp3) is 0.400. The van der Waals surface area contributed by atoms with Crippen LogP contribution in [0.3, 0.4) is 0 Å². The second-order valence-corrected chi connectivity index (χ2v) is 5.86. The van der Waals surface area contributed by atoms with Crippen LogP contribution < -0.4 is 5.32 Å². The van der Waals surface area contributed by atoms with Gasteiger partial charge < -0.3 is 9.73 Å². The van der Waals surface area contributed by atoms with Crippen LogP contribution in [-0.2, 0) is 13.0 Å². The van der Waals surface area contributed by atoms with Gasteiger partial charge in [-0.05, 0) is 34.5 Å². The predicted octanol–water partition coefficient (Wildman–Crippen LogP) is 3.46. The lowest BCUT2D eigenvalue weighted by molar-refractivity contribution is 0.501. The molecule has 0 aliphatic heterocycles. The Morgan fingerprint density at radius 2 is 2.31 bits per heavy atom. The lowest BCUT2D eigenvalue weighted by Crippen LogP contribution is -1.97. The maximum absolute atomic E-state index is 5.41. The standard InChI is InChI=1S/C10H12BrN3OS/c1-2-3-9-13-14-10(15-9)12-6-7-4-5-8(11)16-7/h4-5H,2-3,6H2,1H3,(H,12,14). The van der Waals surface area contributed by atoms with Gasteiger partial charge in [-0.1, -0.05) is 12.0 Å². The summed E-state index contributed by atoms with van der Waals surface area (Å²) in [5.74, 6) is 0.692. The Hall–Kier alpha value is -0.880. The van der Waals surface area contributed by atoms with Crippen molar-refractivity contribution in [2.75, 3.05) is 5.32 Å². The number of halogens is 1. The first-order valence-electron chi connectivity index (χ1n) is 5.08. The van der Waals surface area contributed by atoms with Gasteiger partial charge in [0.1, 0.15) is 0 Å². The zero-order chi connectivity index (χ0) is 11.4. The van der Waals surface area contributed by atoms with Crippen LogP contribution >= 0.6 is 27.3 Å². The number of hydrogen-bond donors (Lipinski definition) is 1. The molecule has 0 radical (unpaired) electrons. The molecule has 0 atom stereocenters. The van der Waals surface area contributed by atoms with Gasteiger partial charge >= 0.3 is 6.01 Å². The first-order chi connectivity index (χ1) is 7.78.